The number of aliphatic imine (C=N–C) groups is 1. The summed E-state index contributed by atoms with van der Waals surface area (Å²) < 4.78 is 23.1. The van der Waals surface area contributed by atoms with Crippen LogP contribution in [0.4, 0.5) is 0 Å². The molecule has 2 fully saturated rings. The molecule has 2 aliphatic rings. The van der Waals surface area contributed by atoms with Gasteiger partial charge in [-0.3, -0.25) is 4.99 Å². The van der Waals surface area contributed by atoms with Gasteiger partial charge in [-0.05, 0) is 31.6 Å². The molecule has 0 radical (unpaired) electrons. The Kier molecular flexibility index (Phi) is 9.29. The fraction of sp³-hybridized carbons (Fsp3) is 0.938. The lowest BCUT2D eigenvalue weighted by atomic mass is 9.92. The third kappa shape index (κ3) is 7.43. The van der Waals surface area contributed by atoms with E-state index >= 15 is 0 Å². The third-order valence-corrected chi connectivity index (χ3v) is 6.32. The van der Waals surface area contributed by atoms with Gasteiger partial charge in [0, 0.05) is 32.2 Å². The summed E-state index contributed by atoms with van der Waals surface area (Å²) in [6, 6.07) is -0.00664. The Morgan fingerprint density at radius 1 is 1.25 bits per heavy atom. The van der Waals surface area contributed by atoms with Crippen molar-refractivity contribution in [1.82, 2.24) is 15.5 Å². The fourth-order valence-corrected chi connectivity index (χ4v) is 5.37. The molecule has 0 amide bonds. The predicted molar refractivity (Wildman–Crippen MR) is 111 cm³/mol. The Morgan fingerprint density at radius 3 is 2.46 bits per heavy atom. The summed E-state index contributed by atoms with van der Waals surface area (Å²) in [6.07, 6.45) is 1.99. The molecule has 0 aromatic carbocycles. The molecule has 0 aromatic rings. The molecule has 0 saturated carbocycles. The number of likely N-dealkylation sites (tertiary alicyclic amines) is 1. The van der Waals surface area contributed by atoms with Gasteiger partial charge in [0.25, 0.3) is 0 Å². The molecule has 2 heterocycles. The minimum atomic E-state index is -2.86. The maximum Gasteiger partial charge on any atom is 0.191 e. The number of sulfone groups is 1. The molecule has 8 heteroatoms. The highest BCUT2D eigenvalue weighted by molar-refractivity contribution is 14.0. The number of nitrogens with zero attached hydrogens (tertiary/aromatic N) is 2. The van der Waals surface area contributed by atoms with E-state index in [1.54, 1.807) is 0 Å². The van der Waals surface area contributed by atoms with Crippen LogP contribution in [0.2, 0.25) is 0 Å². The molecule has 2 aliphatic heterocycles. The largest absolute Gasteiger partial charge is 0.357 e. The third-order valence-electron chi connectivity index (χ3n) is 4.55. The van der Waals surface area contributed by atoms with Crippen LogP contribution in [0, 0.1) is 11.8 Å². The fourth-order valence-electron chi connectivity index (χ4n) is 3.70. The maximum atomic E-state index is 11.6. The van der Waals surface area contributed by atoms with E-state index in [4.69, 9.17) is 0 Å². The second-order valence-electron chi connectivity index (χ2n) is 7.21. The van der Waals surface area contributed by atoms with Crippen LogP contribution in [0.3, 0.4) is 0 Å². The van der Waals surface area contributed by atoms with Gasteiger partial charge < -0.3 is 15.5 Å². The first-order valence-electron chi connectivity index (χ1n) is 8.85. The van der Waals surface area contributed by atoms with Crippen molar-refractivity contribution in [3.05, 3.63) is 0 Å². The van der Waals surface area contributed by atoms with Gasteiger partial charge in [0.2, 0.25) is 0 Å². The van der Waals surface area contributed by atoms with E-state index < -0.39 is 9.84 Å². The minimum absolute atomic E-state index is 0. The molecule has 24 heavy (non-hydrogen) atoms. The quantitative estimate of drug-likeness (QED) is 0.359. The number of guanidine groups is 1. The number of nitrogens with one attached hydrogen (secondary N) is 2. The molecular formula is C16H33IN4O2S. The predicted octanol–water partition coefficient (Wildman–Crippen LogP) is 1.32. The monoisotopic (exact) mass is 472 g/mol. The second-order valence-corrected chi connectivity index (χ2v) is 9.44. The summed E-state index contributed by atoms with van der Waals surface area (Å²) in [7, 11) is -2.86. The van der Waals surface area contributed by atoms with E-state index in [-0.39, 0.29) is 41.5 Å². The van der Waals surface area contributed by atoms with Crippen molar-refractivity contribution in [2.75, 3.05) is 44.2 Å². The van der Waals surface area contributed by atoms with Crippen LogP contribution in [0.15, 0.2) is 4.99 Å². The summed E-state index contributed by atoms with van der Waals surface area (Å²) in [5.41, 5.74) is 0. The van der Waals surface area contributed by atoms with Crippen LogP contribution >= 0.6 is 24.0 Å². The van der Waals surface area contributed by atoms with Crippen LogP contribution in [-0.4, -0.2) is 69.5 Å². The summed E-state index contributed by atoms with van der Waals surface area (Å²) in [5.74, 6) is 2.77. The van der Waals surface area contributed by atoms with E-state index in [0.717, 1.165) is 50.5 Å². The highest BCUT2D eigenvalue weighted by atomic mass is 127. The van der Waals surface area contributed by atoms with Crippen molar-refractivity contribution in [3.63, 3.8) is 0 Å². The number of rotatable bonds is 5. The first kappa shape index (κ1) is 22.0. The van der Waals surface area contributed by atoms with Crippen LogP contribution in [0.5, 0.6) is 0 Å². The zero-order valence-corrected chi connectivity index (χ0v) is 18.3. The molecule has 0 aromatic heterocycles. The van der Waals surface area contributed by atoms with Crippen molar-refractivity contribution in [3.8, 4) is 0 Å². The maximum absolute atomic E-state index is 11.6. The summed E-state index contributed by atoms with van der Waals surface area (Å²) in [6.45, 7) is 11.5. The summed E-state index contributed by atoms with van der Waals surface area (Å²) in [5, 5.41) is 6.49. The van der Waals surface area contributed by atoms with Crippen molar-refractivity contribution in [2.45, 2.75) is 39.7 Å². The van der Waals surface area contributed by atoms with Crippen molar-refractivity contribution in [2.24, 2.45) is 16.8 Å². The topological polar surface area (TPSA) is 73.8 Å². The van der Waals surface area contributed by atoms with Gasteiger partial charge >= 0.3 is 0 Å². The number of hydrogen-bond donors (Lipinski definition) is 2. The number of halogens is 1. The average Bonchev–Trinajstić information content (AvgIpc) is 2.77. The Balaban J connectivity index is 0.00000288. The molecular weight excluding hydrogens is 439 g/mol. The summed E-state index contributed by atoms with van der Waals surface area (Å²) in [4.78, 5) is 7.12. The molecule has 2 N–H and O–H groups in total. The highest BCUT2D eigenvalue weighted by Crippen LogP contribution is 2.20. The molecule has 3 atom stereocenters. The lowest BCUT2D eigenvalue weighted by molar-refractivity contribution is 0.145. The molecule has 0 aliphatic carbocycles. The van der Waals surface area contributed by atoms with E-state index in [0.29, 0.717) is 6.42 Å². The van der Waals surface area contributed by atoms with Gasteiger partial charge in [0.15, 0.2) is 15.8 Å². The van der Waals surface area contributed by atoms with E-state index in [9.17, 15) is 8.42 Å². The molecule has 0 bridgehead atoms. The second kappa shape index (κ2) is 10.2. The minimum Gasteiger partial charge on any atom is -0.357 e. The number of hydrogen-bond acceptors (Lipinski definition) is 4. The van der Waals surface area contributed by atoms with Gasteiger partial charge in [-0.15, -0.1) is 24.0 Å². The molecule has 0 spiro atoms. The van der Waals surface area contributed by atoms with Crippen molar-refractivity contribution >= 4 is 39.8 Å². The highest BCUT2D eigenvalue weighted by Gasteiger charge is 2.28. The van der Waals surface area contributed by atoms with Crippen LogP contribution < -0.4 is 10.6 Å². The Morgan fingerprint density at radius 2 is 1.92 bits per heavy atom. The van der Waals surface area contributed by atoms with Gasteiger partial charge in [-0.1, -0.05) is 13.8 Å². The smallest absolute Gasteiger partial charge is 0.191 e. The van der Waals surface area contributed by atoms with Gasteiger partial charge in [-0.25, -0.2) is 8.42 Å². The molecule has 142 valence electrons. The van der Waals surface area contributed by atoms with E-state index in [2.05, 4.69) is 34.4 Å². The van der Waals surface area contributed by atoms with Crippen molar-refractivity contribution in [1.29, 1.82) is 0 Å². The molecule has 3 unspecified atom stereocenters. The first-order chi connectivity index (χ1) is 10.9. The molecule has 2 rings (SSSR count). The van der Waals surface area contributed by atoms with Gasteiger partial charge in [-0.2, -0.15) is 0 Å². The van der Waals surface area contributed by atoms with E-state index in [1.165, 1.54) is 6.42 Å². The Hall–Kier alpha value is -0.0900. The summed E-state index contributed by atoms with van der Waals surface area (Å²) >= 11 is 0. The van der Waals surface area contributed by atoms with Crippen LogP contribution in [-0.2, 0) is 9.84 Å². The van der Waals surface area contributed by atoms with Gasteiger partial charge in [0.1, 0.15) is 0 Å². The van der Waals surface area contributed by atoms with Gasteiger partial charge in [0.05, 0.1) is 18.1 Å². The zero-order valence-electron chi connectivity index (χ0n) is 15.1. The zero-order chi connectivity index (χ0) is 16.9. The lowest BCUT2D eigenvalue weighted by Gasteiger charge is -2.34. The standard InChI is InChI=1S/C16H32N4O2S.HI/c1-4-17-16(19-15-5-8-23(21,22)12-15)18-6-7-20-10-13(2)9-14(3)11-20;/h13-15H,4-12H2,1-3H3,(H2,17,18,19);1H. The number of piperidine rings is 1. The average molecular weight is 472 g/mol. The normalized spacial score (nSPS) is 30.6. The SMILES string of the molecule is CCNC(=NCCN1CC(C)CC(C)C1)NC1CCS(=O)(=O)C1.I. The van der Waals surface area contributed by atoms with Crippen LogP contribution in [0.1, 0.15) is 33.6 Å². The van der Waals surface area contributed by atoms with Crippen LogP contribution in [0.25, 0.3) is 0 Å². The first-order valence-corrected chi connectivity index (χ1v) is 10.7. The van der Waals surface area contributed by atoms with E-state index in [1.807, 2.05) is 6.92 Å². The molecule has 2 saturated heterocycles. The molecule has 6 nitrogen and oxygen atoms in total. The lowest BCUT2D eigenvalue weighted by Crippen LogP contribution is -2.45. The Bertz CT molecular complexity index is 502. The Labute approximate surface area is 164 Å². The van der Waals surface area contributed by atoms with Crippen molar-refractivity contribution < 1.29 is 8.42 Å².